The Labute approximate surface area is 199 Å². The van der Waals surface area contributed by atoms with Crippen LogP contribution in [-0.2, 0) is 24.8 Å². The number of halogens is 1. The van der Waals surface area contributed by atoms with E-state index >= 15 is 0 Å². The summed E-state index contributed by atoms with van der Waals surface area (Å²) in [5, 5.41) is 44.5. The van der Waals surface area contributed by atoms with Gasteiger partial charge in [0.2, 0.25) is 5.91 Å². The van der Waals surface area contributed by atoms with Gasteiger partial charge >= 0.3 is 0 Å². The summed E-state index contributed by atoms with van der Waals surface area (Å²) in [5.41, 5.74) is -0.350. The predicted octanol–water partition coefficient (Wildman–Crippen LogP) is -2.08. The molecule has 12 heteroatoms. The molecular formula is C22H25ClN2O9. The molecule has 6 N–H and O–H groups in total. The molecular weight excluding hydrogens is 472 g/mol. The molecule has 1 amide bonds. The SMILES string of the molecule is CN(C)[C@@H]1C(=O)C(C(N)=O)C(=O)[C@@]2(O)C(=O)C3C(=O)c4c(O)cccc4[C@@](C)(O)[C@H]3[C@H](O)[C@@H]12.Cl. The van der Waals surface area contributed by atoms with Crippen molar-refractivity contribution in [2.45, 2.75) is 30.3 Å². The summed E-state index contributed by atoms with van der Waals surface area (Å²) in [7, 11) is 2.77. The molecule has 0 bridgehead atoms. The number of hydrogen-bond donors (Lipinski definition) is 5. The third kappa shape index (κ3) is 2.94. The molecule has 2 fully saturated rings. The van der Waals surface area contributed by atoms with Crippen LogP contribution in [0.25, 0.3) is 0 Å². The van der Waals surface area contributed by atoms with E-state index in [2.05, 4.69) is 0 Å². The van der Waals surface area contributed by atoms with E-state index in [1.165, 1.54) is 44.1 Å². The maximum Gasteiger partial charge on any atom is 0.235 e. The first kappa shape index (κ1) is 25.9. The highest BCUT2D eigenvalue weighted by Crippen LogP contribution is 2.55. The Kier molecular flexibility index (Phi) is 6.04. The van der Waals surface area contributed by atoms with Crippen molar-refractivity contribution in [1.82, 2.24) is 4.90 Å². The van der Waals surface area contributed by atoms with Crippen molar-refractivity contribution in [3.63, 3.8) is 0 Å². The average Bonchev–Trinajstić information content (AvgIpc) is 2.70. The van der Waals surface area contributed by atoms with Gasteiger partial charge in [0.1, 0.15) is 5.75 Å². The second kappa shape index (κ2) is 7.92. The molecule has 0 spiro atoms. The van der Waals surface area contributed by atoms with Crippen molar-refractivity contribution in [2.75, 3.05) is 14.1 Å². The molecule has 2 unspecified atom stereocenters. The monoisotopic (exact) mass is 496 g/mol. The summed E-state index contributed by atoms with van der Waals surface area (Å²) in [6.45, 7) is 1.24. The van der Waals surface area contributed by atoms with E-state index in [1.807, 2.05) is 0 Å². The van der Waals surface area contributed by atoms with Crippen LogP contribution in [0.15, 0.2) is 18.2 Å². The smallest absolute Gasteiger partial charge is 0.235 e. The van der Waals surface area contributed by atoms with Crippen molar-refractivity contribution in [3.05, 3.63) is 29.3 Å². The van der Waals surface area contributed by atoms with Crippen LogP contribution in [0, 0.1) is 23.7 Å². The van der Waals surface area contributed by atoms with Crippen LogP contribution in [0.3, 0.4) is 0 Å². The number of Topliss-reactive ketones (excluding diaryl/α,β-unsaturated/α-hetero) is 4. The second-order valence-corrected chi connectivity index (χ2v) is 9.37. The highest BCUT2D eigenvalue weighted by Gasteiger charge is 2.74. The summed E-state index contributed by atoms with van der Waals surface area (Å²) in [6.07, 6.45) is -1.90. The van der Waals surface area contributed by atoms with E-state index in [0.717, 1.165) is 0 Å². The minimum Gasteiger partial charge on any atom is -0.507 e. The van der Waals surface area contributed by atoms with Gasteiger partial charge in [0.25, 0.3) is 0 Å². The summed E-state index contributed by atoms with van der Waals surface area (Å²) in [5.74, 6) is -14.2. The van der Waals surface area contributed by atoms with Gasteiger partial charge in [-0.3, -0.25) is 28.9 Å². The molecule has 8 atom stereocenters. The van der Waals surface area contributed by atoms with E-state index in [1.54, 1.807) is 0 Å². The fraction of sp³-hybridized carbons (Fsp3) is 0.500. The highest BCUT2D eigenvalue weighted by molar-refractivity contribution is 6.32. The molecule has 0 radical (unpaired) electrons. The van der Waals surface area contributed by atoms with E-state index in [-0.39, 0.29) is 23.5 Å². The summed E-state index contributed by atoms with van der Waals surface area (Å²) < 4.78 is 0. The summed E-state index contributed by atoms with van der Waals surface area (Å²) >= 11 is 0. The fourth-order valence-corrected chi connectivity index (χ4v) is 5.97. The average molecular weight is 497 g/mol. The number of carbonyl (C=O) groups is 5. The molecule has 0 heterocycles. The number of aliphatic hydroxyl groups excluding tert-OH is 1. The number of phenols is 1. The van der Waals surface area contributed by atoms with Gasteiger partial charge in [-0.2, -0.15) is 0 Å². The third-order valence-electron chi connectivity index (χ3n) is 7.40. The Morgan fingerprint density at radius 3 is 2.18 bits per heavy atom. The van der Waals surface area contributed by atoms with Gasteiger partial charge < -0.3 is 26.2 Å². The molecule has 0 saturated heterocycles. The van der Waals surface area contributed by atoms with Gasteiger partial charge in [-0.25, -0.2) is 0 Å². The maximum absolute atomic E-state index is 13.7. The number of amides is 1. The highest BCUT2D eigenvalue weighted by atomic mass is 35.5. The van der Waals surface area contributed by atoms with Crippen LogP contribution < -0.4 is 5.73 Å². The van der Waals surface area contributed by atoms with Crippen molar-refractivity contribution in [3.8, 4) is 5.75 Å². The van der Waals surface area contributed by atoms with Gasteiger partial charge in [-0.05, 0) is 32.6 Å². The lowest BCUT2D eigenvalue weighted by atomic mass is 9.48. The number of primary amides is 1. The number of benzene rings is 1. The lowest BCUT2D eigenvalue weighted by molar-refractivity contribution is -0.210. The second-order valence-electron chi connectivity index (χ2n) is 9.37. The molecule has 184 valence electrons. The van der Waals surface area contributed by atoms with Crippen LogP contribution in [0.2, 0.25) is 0 Å². The Morgan fingerprint density at radius 2 is 1.65 bits per heavy atom. The van der Waals surface area contributed by atoms with Gasteiger partial charge in [0.15, 0.2) is 34.7 Å². The standard InChI is InChI=1S/C22H24N2O9.ClH/c1-21(32)7-5-4-6-8(25)9(7)15(26)10-12(21)17(28)13-14(24(2)3)16(27)11(20(23)31)19(30)22(13,33)18(10)29;/h4-6,10-14,17,25,28,32-33H,1-3H3,(H2,23,31);1H/t10?,11?,12-,13-,14+,17+,21-,22+;/m1./s1. The molecule has 3 aliphatic carbocycles. The first-order valence-electron chi connectivity index (χ1n) is 10.3. The van der Waals surface area contributed by atoms with Crippen molar-refractivity contribution >= 4 is 41.4 Å². The molecule has 4 rings (SSSR count). The van der Waals surface area contributed by atoms with Crippen LogP contribution in [0.1, 0.15) is 22.8 Å². The lowest BCUT2D eigenvalue weighted by Gasteiger charge is -2.57. The predicted molar refractivity (Wildman–Crippen MR) is 116 cm³/mol. The number of fused-ring (bicyclic) bond motifs is 3. The van der Waals surface area contributed by atoms with Crippen LogP contribution >= 0.6 is 12.4 Å². The number of nitrogens with zero attached hydrogens (tertiary/aromatic N) is 1. The van der Waals surface area contributed by atoms with Gasteiger partial charge in [-0.1, -0.05) is 12.1 Å². The zero-order valence-electron chi connectivity index (χ0n) is 18.5. The summed E-state index contributed by atoms with van der Waals surface area (Å²) in [6, 6.07) is 2.40. The number of ketones is 4. The Balaban J connectivity index is 0.00000324. The van der Waals surface area contributed by atoms with Gasteiger partial charge in [0, 0.05) is 5.92 Å². The number of likely N-dealkylation sites (N-methyl/N-ethyl adjacent to an activating group) is 1. The molecule has 2 saturated carbocycles. The Hall–Kier alpha value is -2.70. The third-order valence-corrected chi connectivity index (χ3v) is 7.40. The van der Waals surface area contributed by atoms with E-state index in [0.29, 0.717) is 0 Å². The van der Waals surface area contributed by atoms with Crippen LogP contribution in [0.4, 0.5) is 0 Å². The molecule has 34 heavy (non-hydrogen) atoms. The lowest BCUT2D eigenvalue weighted by Crippen LogP contribution is -2.78. The molecule has 1 aromatic rings. The quantitative estimate of drug-likeness (QED) is 0.283. The molecule has 11 nitrogen and oxygen atoms in total. The first-order valence-corrected chi connectivity index (χ1v) is 10.3. The normalized spacial score (nSPS) is 39.1. The largest absolute Gasteiger partial charge is 0.507 e. The zero-order valence-corrected chi connectivity index (χ0v) is 19.3. The number of aromatic hydroxyl groups is 1. The summed E-state index contributed by atoms with van der Waals surface area (Å²) in [4.78, 5) is 66.4. The first-order chi connectivity index (χ1) is 15.2. The zero-order chi connectivity index (χ0) is 24.8. The topological polar surface area (TPSA) is 196 Å². The Bertz CT molecular complexity index is 1130. The maximum atomic E-state index is 13.7. The minimum absolute atomic E-state index is 0. The number of phenolic OH excluding ortho intramolecular Hbond substituents is 1. The molecule has 3 aliphatic rings. The number of hydrogen-bond acceptors (Lipinski definition) is 10. The number of carbonyl (C=O) groups excluding carboxylic acids is 5. The van der Waals surface area contributed by atoms with Crippen LogP contribution in [0.5, 0.6) is 5.75 Å². The van der Waals surface area contributed by atoms with Crippen molar-refractivity contribution in [1.29, 1.82) is 0 Å². The minimum atomic E-state index is -3.10. The van der Waals surface area contributed by atoms with E-state index in [9.17, 15) is 44.4 Å². The molecule has 1 aromatic carbocycles. The fourth-order valence-electron chi connectivity index (χ4n) is 5.97. The van der Waals surface area contributed by atoms with E-state index < -0.39 is 81.8 Å². The Morgan fingerprint density at radius 1 is 1.06 bits per heavy atom. The van der Waals surface area contributed by atoms with Crippen LogP contribution in [-0.4, -0.2) is 86.2 Å². The number of aliphatic hydroxyl groups is 3. The number of rotatable bonds is 2. The van der Waals surface area contributed by atoms with Gasteiger partial charge in [0.05, 0.1) is 35.1 Å². The molecule has 0 aliphatic heterocycles. The van der Waals surface area contributed by atoms with Crippen molar-refractivity contribution in [2.24, 2.45) is 29.4 Å². The van der Waals surface area contributed by atoms with Gasteiger partial charge in [-0.15, -0.1) is 12.4 Å². The molecule has 0 aromatic heterocycles. The number of nitrogens with two attached hydrogens (primary N) is 1. The van der Waals surface area contributed by atoms with Crippen molar-refractivity contribution < 1.29 is 44.4 Å². The van der Waals surface area contributed by atoms with E-state index in [4.69, 9.17) is 5.73 Å².